The van der Waals surface area contributed by atoms with Crippen molar-refractivity contribution >= 4 is 41.0 Å². The van der Waals surface area contributed by atoms with Gasteiger partial charge in [0.2, 0.25) is 5.91 Å². The van der Waals surface area contributed by atoms with Crippen molar-refractivity contribution in [3.05, 3.63) is 12.3 Å². The molecule has 1 saturated carbocycles. The summed E-state index contributed by atoms with van der Waals surface area (Å²) in [5.74, 6) is 1.11. The normalized spacial score (nSPS) is 20.7. The van der Waals surface area contributed by atoms with Crippen LogP contribution in [0.3, 0.4) is 0 Å². The molecule has 3 heterocycles. The zero-order valence-electron chi connectivity index (χ0n) is 16.3. The molecular weight excluding hydrogens is 345 g/mol. The van der Waals surface area contributed by atoms with Crippen molar-refractivity contribution in [1.29, 1.82) is 0 Å². The summed E-state index contributed by atoms with van der Waals surface area (Å²) < 4.78 is 12.4. The molecule has 0 spiro atoms. The highest BCUT2D eigenvalue weighted by Gasteiger charge is 2.52. The summed E-state index contributed by atoms with van der Waals surface area (Å²) in [4.78, 5) is 16.5. The summed E-state index contributed by atoms with van der Waals surface area (Å²) in [5, 5.41) is 15.1. The minimum atomic E-state index is -0.577. The van der Waals surface area contributed by atoms with E-state index in [4.69, 9.17) is 9.31 Å². The molecule has 2 aliphatic rings. The van der Waals surface area contributed by atoms with Crippen LogP contribution < -0.4 is 16.1 Å². The highest BCUT2D eigenvalue weighted by Crippen LogP contribution is 2.37. The zero-order chi connectivity index (χ0) is 19.4. The third kappa shape index (κ3) is 3.15. The summed E-state index contributed by atoms with van der Waals surface area (Å²) in [6.07, 6.45) is 3.59. The molecule has 0 aromatic carbocycles. The first-order valence-corrected chi connectivity index (χ1v) is 9.22. The van der Waals surface area contributed by atoms with E-state index in [1.54, 1.807) is 13.2 Å². The molecule has 8 nitrogen and oxygen atoms in total. The van der Waals surface area contributed by atoms with Crippen molar-refractivity contribution in [2.75, 3.05) is 17.7 Å². The molecule has 4 rings (SSSR count). The van der Waals surface area contributed by atoms with Crippen molar-refractivity contribution in [2.45, 2.75) is 51.7 Å². The second kappa shape index (κ2) is 6.14. The van der Waals surface area contributed by atoms with Gasteiger partial charge < -0.3 is 19.9 Å². The number of aromatic nitrogens is 3. The molecule has 0 bridgehead atoms. The number of pyridine rings is 1. The van der Waals surface area contributed by atoms with E-state index in [1.807, 2.05) is 33.8 Å². The number of nitrogens with one attached hydrogen (secondary N) is 2. The van der Waals surface area contributed by atoms with E-state index in [-0.39, 0.29) is 11.8 Å². The standard InChI is InChI=1S/C18H24BN5O3/c1-17(2)18(3,4)27-19(26-17)12-9-21-15(20-5)14-11(12)8-13(23-24-14)22-16(25)10-6-7-10/h8-10H,6-7H2,1-5H3,(H,20,21)(H,22,23,25). The maximum atomic E-state index is 12.1. The summed E-state index contributed by atoms with van der Waals surface area (Å²) in [6, 6.07) is 1.81. The molecule has 0 atom stereocenters. The fourth-order valence-electron chi connectivity index (χ4n) is 3.03. The lowest BCUT2D eigenvalue weighted by Crippen LogP contribution is -2.41. The molecule has 1 aliphatic heterocycles. The van der Waals surface area contributed by atoms with Crippen molar-refractivity contribution in [3.8, 4) is 0 Å². The van der Waals surface area contributed by atoms with E-state index in [2.05, 4.69) is 25.8 Å². The number of hydrogen-bond acceptors (Lipinski definition) is 7. The van der Waals surface area contributed by atoms with Gasteiger partial charge in [-0.3, -0.25) is 4.79 Å². The molecule has 1 amide bonds. The van der Waals surface area contributed by atoms with Crippen LogP contribution in [0.25, 0.3) is 10.9 Å². The van der Waals surface area contributed by atoms with E-state index in [0.717, 1.165) is 23.7 Å². The second-order valence-corrected chi connectivity index (χ2v) is 8.16. The maximum Gasteiger partial charge on any atom is 0.497 e. The van der Waals surface area contributed by atoms with E-state index in [0.29, 0.717) is 17.2 Å². The van der Waals surface area contributed by atoms with Crippen molar-refractivity contribution in [1.82, 2.24) is 15.2 Å². The van der Waals surface area contributed by atoms with Gasteiger partial charge in [0.1, 0.15) is 5.52 Å². The average molecular weight is 369 g/mol. The van der Waals surface area contributed by atoms with Gasteiger partial charge in [-0.25, -0.2) is 4.98 Å². The Bertz CT molecular complexity index is 897. The molecule has 1 aliphatic carbocycles. The topological polar surface area (TPSA) is 98.3 Å². The first kappa shape index (κ1) is 18.1. The molecule has 2 fully saturated rings. The number of hydrogen-bond donors (Lipinski definition) is 2. The Labute approximate surface area is 158 Å². The molecule has 0 unspecified atom stereocenters. The summed E-state index contributed by atoms with van der Waals surface area (Å²) in [7, 11) is 1.20. The number of fused-ring (bicyclic) bond motifs is 1. The van der Waals surface area contributed by atoms with Gasteiger partial charge in [-0.05, 0) is 46.6 Å². The van der Waals surface area contributed by atoms with Crippen molar-refractivity contribution in [2.24, 2.45) is 5.92 Å². The Balaban J connectivity index is 1.76. The minimum absolute atomic E-state index is 0.0104. The first-order chi connectivity index (χ1) is 12.7. The Kier molecular flexibility index (Phi) is 4.12. The molecule has 0 radical (unpaired) electrons. The van der Waals surface area contributed by atoms with Crippen LogP contribution in [0.1, 0.15) is 40.5 Å². The Morgan fingerprint density at radius 1 is 1.19 bits per heavy atom. The lowest BCUT2D eigenvalue weighted by atomic mass is 9.78. The van der Waals surface area contributed by atoms with Crippen LogP contribution in [0.15, 0.2) is 12.3 Å². The molecular formula is C18H24BN5O3. The van der Waals surface area contributed by atoms with Crippen LogP contribution >= 0.6 is 0 Å². The summed E-state index contributed by atoms with van der Waals surface area (Å²) in [6.45, 7) is 8.02. The third-order valence-electron chi connectivity index (χ3n) is 5.61. The Hall–Kier alpha value is -2.26. The molecule has 2 N–H and O–H groups in total. The number of carbonyl (C=O) groups excluding carboxylic acids is 1. The number of nitrogens with zero attached hydrogens (tertiary/aromatic N) is 3. The van der Waals surface area contributed by atoms with Gasteiger partial charge in [0, 0.05) is 30.0 Å². The van der Waals surface area contributed by atoms with Crippen LogP contribution in [0.5, 0.6) is 0 Å². The van der Waals surface area contributed by atoms with Crippen molar-refractivity contribution in [3.63, 3.8) is 0 Å². The van der Waals surface area contributed by atoms with Crippen LogP contribution in [-0.4, -0.2) is 46.5 Å². The number of rotatable bonds is 4. The van der Waals surface area contributed by atoms with Gasteiger partial charge in [0.05, 0.1) is 11.2 Å². The predicted molar refractivity (Wildman–Crippen MR) is 104 cm³/mol. The summed E-state index contributed by atoms with van der Waals surface area (Å²) in [5.41, 5.74) is 0.443. The van der Waals surface area contributed by atoms with Crippen LogP contribution in [-0.2, 0) is 14.1 Å². The zero-order valence-corrected chi connectivity index (χ0v) is 16.3. The van der Waals surface area contributed by atoms with E-state index >= 15 is 0 Å². The number of anilines is 2. The van der Waals surface area contributed by atoms with Gasteiger partial charge in [-0.15, -0.1) is 10.2 Å². The lowest BCUT2D eigenvalue weighted by Gasteiger charge is -2.32. The molecule has 1 saturated heterocycles. The Morgan fingerprint density at radius 3 is 2.44 bits per heavy atom. The number of carbonyl (C=O) groups is 1. The summed E-state index contributed by atoms with van der Waals surface area (Å²) >= 11 is 0. The lowest BCUT2D eigenvalue weighted by molar-refractivity contribution is -0.117. The second-order valence-electron chi connectivity index (χ2n) is 8.16. The van der Waals surface area contributed by atoms with Crippen LogP contribution in [0.4, 0.5) is 11.6 Å². The van der Waals surface area contributed by atoms with Crippen LogP contribution in [0.2, 0.25) is 0 Å². The molecule has 27 heavy (non-hydrogen) atoms. The fourth-order valence-corrected chi connectivity index (χ4v) is 3.03. The quantitative estimate of drug-likeness (QED) is 0.792. The molecule has 9 heteroatoms. The number of amides is 1. The van der Waals surface area contributed by atoms with Gasteiger partial charge in [-0.2, -0.15) is 0 Å². The van der Waals surface area contributed by atoms with E-state index in [1.165, 1.54) is 0 Å². The highest BCUT2D eigenvalue weighted by atomic mass is 16.7. The van der Waals surface area contributed by atoms with Gasteiger partial charge in [0.25, 0.3) is 0 Å². The van der Waals surface area contributed by atoms with Crippen LogP contribution in [0, 0.1) is 5.92 Å². The maximum absolute atomic E-state index is 12.1. The average Bonchev–Trinajstić information content (AvgIpc) is 3.41. The van der Waals surface area contributed by atoms with Gasteiger partial charge in [0.15, 0.2) is 11.6 Å². The fraction of sp³-hybridized carbons (Fsp3) is 0.556. The predicted octanol–water partition coefficient (Wildman–Crippen LogP) is 1.71. The molecule has 2 aromatic rings. The SMILES string of the molecule is CNc1ncc(B2OC(C)(C)C(C)(C)O2)c2cc(NC(=O)C3CC3)nnc12. The smallest absolute Gasteiger partial charge is 0.399 e. The third-order valence-corrected chi connectivity index (χ3v) is 5.61. The van der Waals surface area contributed by atoms with Gasteiger partial charge >= 0.3 is 7.12 Å². The molecule has 142 valence electrons. The minimum Gasteiger partial charge on any atom is -0.399 e. The highest BCUT2D eigenvalue weighted by molar-refractivity contribution is 6.65. The van der Waals surface area contributed by atoms with E-state index < -0.39 is 18.3 Å². The first-order valence-electron chi connectivity index (χ1n) is 9.22. The van der Waals surface area contributed by atoms with Crippen molar-refractivity contribution < 1.29 is 14.1 Å². The Morgan fingerprint density at radius 2 is 1.85 bits per heavy atom. The van der Waals surface area contributed by atoms with Gasteiger partial charge in [-0.1, -0.05) is 0 Å². The monoisotopic (exact) mass is 369 g/mol. The van der Waals surface area contributed by atoms with E-state index in [9.17, 15) is 4.79 Å². The largest absolute Gasteiger partial charge is 0.497 e. The molecule has 2 aromatic heterocycles.